The number of nitrogens with zero attached hydrogens (tertiary/aromatic N) is 2. The minimum atomic E-state index is -2.89. The van der Waals surface area contributed by atoms with Crippen molar-refractivity contribution in [1.29, 1.82) is 0 Å². The molecule has 1 saturated heterocycles. The molecule has 0 aromatic carbocycles. The lowest BCUT2D eigenvalue weighted by Crippen LogP contribution is -2.26. The van der Waals surface area contributed by atoms with Crippen LogP contribution in [0.15, 0.2) is 6.20 Å². The van der Waals surface area contributed by atoms with Crippen LogP contribution in [0.1, 0.15) is 43.0 Å². The highest BCUT2D eigenvalue weighted by atomic mass is 32.2. The van der Waals surface area contributed by atoms with Gasteiger partial charge >= 0.3 is 0 Å². The summed E-state index contributed by atoms with van der Waals surface area (Å²) in [7, 11) is -2.89. The zero-order chi connectivity index (χ0) is 14.0. The Bertz CT molecular complexity index is 523. The summed E-state index contributed by atoms with van der Waals surface area (Å²) in [6.45, 7) is 8.40. The second-order valence-corrected chi connectivity index (χ2v) is 9.24. The molecular formula is C13H22N2O2S2. The van der Waals surface area contributed by atoms with E-state index in [2.05, 4.69) is 23.7 Å². The highest BCUT2D eigenvalue weighted by molar-refractivity contribution is 7.92. The Kier molecular flexibility index (Phi) is 4.63. The quantitative estimate of drug-likeness (QED) is 0.859. The zero-order valence-corrected chi connectivity index (χ0v) is 13.4. The van der Waals surface area contributed by atoms with E-state index in [-0.39, 0.29) is 11.0 Å². The molecule has 1 aromatic heterocycles. The molecule has 0 radical (unpaired) electrons. The van der Waals surface area contributed by atoms with Crippen LogP contribution in [-0.4, -0.2) is 42.4 Å². The van der Waals surface area contributed by atoms with Crippen molar-refractivity contribution in [2.45, 2.75) is 44.9 Å². The van der Waals surface area contributed by atoms with Crippen LogP contribution in [-0.2, 0) is 16.4 Å². The molecule has 1 aliphatic heterocycles. The summed E-state index contributed by atoms with van der Waals surface area (Å²) in [4.78, 5) is 7.95. The third-order valence-electron chi connectivity index (χ3n) is 3.66. The first-order valence-electron chi connectivity index (χ1n) is 6.77. The predicted molar refractivity (Wildman–Crippen MR) is 79.3 cm³/mol. The van der Waals surface area contributed by atoms with Gasteiger partial charge in [-0.25, -0.2) is 13.4 Å². The molecule has 2 heterocycles. The van der Waals surface area contributed by atoms with Crippen LogP contribution in [0.4, 0.5) is 0 Å². The maximum atomic E-state index is 11.9. The van der Waals surface area contributed by atoms with Gasteiger partial charge < -0.3 is 0 Å². The maximum absolute atomic E-state index is 11.9. The summed E-state index contributed by atoms with van der Waals surface area (Å²) in [5, 5.41) is 0.885. The van der Waals surface area contributed by atoms with Crippen LogP contribution < -0.4 is 0 Å². The van der Waals surface area contributed by atoms with Gasteiger partial charge in [-0.05, 0) is 25.8 Å². The standard InChI is InChI=1S/C13H22N2O2S2/c1-10(2)12-8-14-13(18-12)9-15-5-4-11(3)19(16,17)7-6-15/h8,10-11H,4-7,9H2,1-3H3. The molecule has 0 bridgehead atoms. The molecule has 0 spiro atoms. The minimum Gasteiger partial charge on any atom is -0.296 e. The summed E-state index contributed by atoms with van der Waals surface area (Å²) in [5.41, 5.74) is 0. The van der Waals surface area contributed by atoms with Crippen molar-refractivity contribution in [1.82, 2.24) is 9.88 Å². The number of aromatic nitrogens is 1. The van der Waals surface area contributed by atoms with Crippen molar-refractivity contribution >= 4 is 21.2 Å². The van der Waals surface area contributed by atoms with Crippen LogP contribution in [0.25, 0.3) is 0 Å². The highest BCUT2D eigenvalue weighted by Gasteiger charge is 2.26. The number of thiazole rings is 1. The Morgan fingerprint density at radius 1 is 1.47 bits per heavy atom. The molecule has 108 valence electrons. The lowest BCUT2D eigenvalue weighted by molar-refractivity contribution is 0.283. The monoisotopic (exact) mass is 302 g/mol. The van der Waals surface area contributed by atoms with E-state index in [0.29, 0.717) is 12.5 Å². The smallest absolute Gasteiger partial charge is 0.154 e. The van der Waals surface area contributed by atoms with Crippen LogP contribution in [0.3, 0.4) is 0 Å². The summed E-state index contributed by atoms with van der Waals surface area (Å²) >= 11 is 1.74. The Hall–Kier alpha value is -0.460. The minimum absolute atomic E-state index is 0.208. The first kappa shape index (κ1) is 14.9. The molecule has 1 atom stereocenters. The Labute approximate surface area is 119 Å². The fraction of sp³-hybridized carbons (Fsp3) is 0.769. The van der Waals surface area contributed by atoms with E-state index in [0.717, 1.165) is 24.5 Å². The largest absolute Gasteiger partial charge is 0.296 e. The first-order chi connectivity index (χ1) is 8.88. The van der Waals surface area contributed by atoms with Gasteiger partial charge in [0.25, 0.3) is 0 Å². The van der Waals surface area contributed by atoms with Crippen LogP contribution in [0, 0.1) is 0 Å². The Balaban J connectivity index is 1.99. The van der Waals surface area contributed by atoms with Crippen molar-refractivity contribution in [3.05, 3.63) is 16.1 Å². The zero-order valence-electron chi connectivity index (χ0n) is 11.8. The second-order valence-electron chi connectivity index (χ2n) is 5.55. The lowest BCUT2D eigenvalue weighted by Gasteiger charge is -2.17. The highest BCUT2D eigenvalue weighted by Crippen LogP contribution is 2.23. The number of hydrogen-bond acceptors (Lipinski definition) is 5. The van der Waals surface area contributed by atoms with E-state index >= 15 is 0 Å². The van der Waals surface area contributed by atoms with Gasteiger partial charge in [-0.1, -0.05) is 13.8 Å². The summed E-state index contributed by atoms with van der Waals surface area (Å²) < 4.78 is 23.7. The summed E-state index contributed by atoms with van der Waals surface area (Å²) in [5.74, 6) is 0.784. The SMILES string of the molecule is CC(C)c1cnc(CN2CCC(C)S(=O)(=O)CC2)s1. The van der Waals surface area contributed by atoms with Crippen molar-refractivity contribution in [3.8, 4) is 0 Å². The van der Waals surface area contributed by atoms with Gasteiger partial charge in [0.1, 0.15) is 5.01 Å². The van der Waals surface area contributed by atoms with Gasteiger partial charge in [-0.2, -0.15) is 0 Å². The van der Waals surface area contributed by atoms with E-state index in [1.54, 1.807) is 11.3 Å². The molecule has 0 saturated carbocycles. The molecule has 4 nitrogen and oxygen atoms in total. The molecule has 6 heteroatoms. The summed E-state index contributed by atoms with van der Waals surface area (Å²) in [6, 6.07) is 0. The van der Waals surface area contributed by atoms with E-state index in [9.17, 15) is 8.42 Å². The number of hydrogen-bond donors (Lipinski definition) is 0. The number of sulfone groups is 1. The average Bonchev–Trinajstić information content (AvgIpc) is 2.76. The third-order valence-corrected chi connectivity index (χ3v) is 7.15. The van der Waals surface area contributed by atoms with Crippen molar-refractivity contribution in [2.24, 2.45) is 0 Å². The van der Waals surface area contributed by atoms with E-state index in [1.165, 1.54) is 4.88 Å². The predicted octanol–water partition coefficient (Wildman–Crippen LogP) is 2.28. The maximum Gasteiger partial charge on any atom is 0.154 e. The molecule has 0 amide bonds. The molecule has 1 aliphatic rings. The van der Waals surface area contributed by atoms with E-state index < -0.39 is 9.84 Å². The fourth-order valence-electron chi connectivity index (χ4n) is 2.13. The second kappa shape index (κ2) is 5.89. The number of rotatable bonds is 3. The third kappa shape index (κ3) is 3.77. The molecule has 2 rings (SSSR count). The Morgan fingerprint density at radius 3 is 2.84 bits per heavy atom. The molecule has 19 heavy (non-hydrogen) atoms. The van der Waals surface area contributed by atoms with Gasteiger partial charge in [0.05, 0.1) is 17.5 Å². The van der Waals surface area contributed by atoms with E-state index in [4.69, 9.17) is 0 Å². The van der Waals surface area contributed by atoms with Crippen molar-refractivity contribution < 1.29 is 8.42 Å². The van der Waals surface area contributed by atoms with Crippen LogP contribution >= 0.6 is 11.3 Å². The van der Waals surface area contributed by atoms with Crippen LogP contribution in [0.5, 0.6) is 0 Å². The first-order valence-corrected chi connectivity index (χ1v) is 9.30. The molecular weight excluding hydrogens is 280 g/mol. The van der Waals surface area contributed by atoms with Gasteiger partial charge in [0.15, 0.2) is 9.84 Å². The van der Waals surface area contributed by atoms with Crippen molar-refractivity contribution in [2.75, 3.05) is 18.8 Å². The van der Waals surface area contributed by atoms with Crippen molar-refractivity contribution in [3.63, 3.8) is 0 Å². The summed E-state index contributed by atoms with van der Waals surface area (Å²) in [6.07, 6.45) is 2.67. The fourth-order valence-corrected chi connectivity index (χ4v) is 4.47. The average molecular weight is 302 g/mol. The molecule has 1 aromatic rings. The topological polar surface area (TPSA) is 50.3 Å². The van der Waals surface area contributed by atoms with Gasteiger partial charge in [-0.15, -0.1) is 11.3 Å². The Morgan fingerprint density at radius 2 is 2.21 bits per heavy atom. The normalized spacial score (nSPS) is 24.5. The molecule has 1 fully saturated rings. The lowest BCUT2D eigenvalue weighted by atomic mass is 10.2. The van der Waals surface area contributed by atoms with Crippen LogP contribution in [0.2, 0.25) is 0 Å². The molecule has 0 aliphatic carbocycles. The van der Waals surface area contributed by atoms with Gasteiger partial charge in [-0.3, -0.25) is 4.90 Å². The van der Waals surface area contributed by atoms with Gasteiger partial charge in [0.2, 0.25) is 0 Å². The van der Waals surface area contributed by atoms with E-state index in [1.807, 2.05) is 13.1 Å². The van der Waals surface area contributed by atoms with Gasteiger partial charge in [0, 0.05) is 17.6 Å². The molecule has 1 unspecified atom stereocenters. The molecule has 0 N–H and O–H groups in total.